The van der Waals surface area contributed by atoms with E-state index in [-0.39, 0.29) is 6.04 Å². The molecule has 1 heterocycles. The number of nitrogens with zero attached hydrogens (tertiary/aromatic N) is 1. The molecule has 3 rings (SSSR count). The Labute approximate surface area is 130 Å². The van der Waals surface area contributed by atoms with Crippen molar-refractivity contribution in [2.75, 3.05) is 20.2 Å². The molecule has 1 atom stereocenters. The Kier molecular flexibility index (Phi) is 4.08. The Morgan fingerprint density at radius 3 is 2.59 bits per heavy atom. The van der Waals surface area contributed by atoms with Gasteiger partial charge < -0.3 is 10.5 Å². The molecule has 22 heavy (non-hydrogen) atoms. The van der Waals surface area contributed by atoms with Crippen LogP contribution in [0.25, 0.3) is 10.8 Å². The summed E-state index contributed by atoms with van der Waals surface area (Å²) in [6.07, 6.45) is 1.67. The summed E-state index contributed by atoms with van der Waals surface area (Å²) in [5.41, 5.74) is 5.93. The number of hydrogen-bond acceptors (Lipinski definition) is 4. The molecular weight excluding hydrogens is 300 g/mol. The Balaban J connectivity index is 2.13. The van der Waals surface area contributed by atoms with Crippen LogP contribution in [0.3, 0.4) is 0 Å². The van der Waals surface area contributed by atoms with E-state index >= 15 is 0 Å². The second-order valence-electron chi connectivity index (χ2n) is 5.58. The lowest BCUT2D eigenvalue weighted by molar-refractivity contribution is 0.316. The van der Waals surface area contributed by atoms with Gasteiger partial charge in [0.25, 0.3) is 0 Å². The quantitative estimate of drug-likeness (QED) is 0.938. The van der Waals surface area contributed by atoms with E-state index in [0.717, 1.165) is 18.2 Å². The number of ether oxygens (including phenoxy) is 1. The summed E-state index contributed by atoms with van der Waals surface area (Å²) in [5.74, 6) is 0.671. The van der Waals surface area contributed by atoms with Gasteiger partial charge in [0, 0.05) is 29.9 Å². The van der Waals surface area contributed by atoms with Gasteiger partial charge in [0.2, 0.25) is 10.0 Å². The van der Waals surface area contributed by atoms with Crippen molar-refractivity contribution in [3.63, 3.8) is 0 Å². The SMILES string of the molecule is COc1ccc(S(=O)(=O)N2CCCC(N)C2)c2ccccc12. The zero-order valence-electron chi connectivity index (χ0n) is 12.5. The third-order valence-corrected chi connectivity index (χ3v) is 6.03. The van der Waals surface area contributed by atoms with Gasteiger partial charge in [-0.15, -0.1) is 0 Å². The van der Waals surface area contributed by atoms with Crippen LogP contribution in [0, 0.1) is 0 Å². The second kappa shape index (κ2) is 5.87. The molecule has 0 aromatic heterocycles. The maximum atomic E-state index is 13.0. The fourth-order valence-corrected chi connectivity index (χ4v) is 4.71. The van der Waals surface area contributed by atoms with Crippen LogP contribution in [-0.4, -0.2) is 39.0 Å². The highest BCUT2D eigenvalue weighted by atomic mass is 32.2. The number of sulfonamides is 1. The summed E-state index contributed by atoms with van der Waals surface area (Å²) in [4.78, 5) is 0.318. The molecule has 0 aliphatic carbocycles. The molecule has 0 spiro atoms. The van der Waals surface area contributed by atoms with Gasteiger partial charge in [-0.3, -0.25) is 0 Å². The highest BCUT2D eigenvalue weighted by molar-refractivity contribution is 7.89. The van der Waals surface area contributed by atoms with Gasteiger partial charge in [0.05, 0.1) is 12.0 Å². The first-order valence-electron chi connectivity index (χ1n) is 7.35. The van der Waals surface area contributed by atoms with Crippen LogP contribution in [0.15, 0.2) is 41.3 Å². The van der Waals surface area contributed by atoms with Crippen molar-refractivity contribution in [2.45, 2.75) is 23.8 Å². The number of rotatable bonds is 3. The molecule has 1 unspecified atom stereocenters. The zero-order chi connectivity index (χ0) is 15.7. The maximum Gasteiger partial charge on any atom is 0.243 e. The molecule has 0 amide bonds. The van der Waals surface area contributed by atoms with E-state index in [2.05, 4.69) is 0 Å². The van der Waals surface area contributed by atoms with Gasteiger partial charge in [-0.05, 0) is 25.0 Å². The standard InChI is InChI=1S/C16H20N2O3S/c1-21-15-8-9-16(14-7-3-2-6-13(14)15)22(19,20)18-10-4-5-12(17)11-18/h2-3,6-9,12H,4-5,10-11,17H2,1H3. The molecule has 1 saturated heterocycles. The summed E-state index contributed by atoms with van der Waals surface area (Å²) >= 11 is 0. The third kappa shape index (κ3) is 2.58. The minimum absolute atomic E-state index is 0.0898. The molecule has 1 fully saturated rings. The van der Waals surface area contributed by atoms with E-state index in [1.807, 2.05) is 24.3 Å². The summed E-state index contributed by atoms with van der Waals surface area (Å²) in [6, 6.07) is 10.6. The van der Waals surface area contributed by atoms with Gasteiger partial charge in [0.1, 0.15) is 5.75 Å². The van der Waals surface area contributed by atoms with Gasteiger partial charge >= 0.3 is 0 Å². The van der Waals surface area contributed by atoms with Gasteiger partial charge in [0.15, 0.2) is 0 Å². The predicted molar refractivity (Wildman–Crippen MR) is 86.5 cm³/mol. The van der Waals surface area contributed by atoms with Gasteiger partial charge in [-0.25, -0.2) is 8.42 Å². The predicted octanol–water partition coefficient (Wildman–Crippen LogP) is 1.96. The number of fused-ring (bicyclic) bond motifs is 1. The number of methoxy groups -OCH3 is 1. The van der Waals surface area contributed by atoms with Crippen LogP contribution in [0.1, 0.15) is 12.8 Å². The topological polar surface area (TPSA) is 72.6 Å². The van der Waals surface area contributed by atoms with E-state index in [0.29, 0.717) is 29.1 Å². The molecule has 1 aliphatic heterocycles. The number of hydrogen-bond donors (Lipinski definition) is 1. The van der Waals surface area contributed by atoms with Gasteiger partial charge in [-0.1, -0.05) is 24.3 Å². The monoisotopic (exact) mass is 320 g/mol. The molecule has 6 heteroatoms. The zero-order valence-corrected chi connectivity index (χ0v) is 13.3. The van der Waals surface area contributed by atoms with E-state index in [1.54, 1.807) is 19.2 Å². The molecule has 0 radical (unpaired) electrons. The maximum absolute atomic E-state index is 13.0. The molecule has 2 N–H and O–H groups in total. The van der Waals surface area contributed by atoms with Crippen molar-refractivity contribution in [3.8, 4) is 5.75 Å². The lowest BCUT2D eigenvalue weighted by Crippen LogP contribution is -2.45. The van der Waals surface area contributed by atoms with Gasteiger partial charge in [-0.2, -0.15) is 4.31 Å². The highest BCUT2D eigenvalue weighted by Crippen LogP contribution is 2.32. The number of nitrogens with two attached hydrogens (primary N) is 1. The van der Waals surface area contributed by atoms with Crippen molar-refractivity contribution >= 4 is 20.8 Å². The molecule has 2 aromatic carbocycles. The van der Waals surface area contributed by atoms with E-state index < -0.39 is 10.0 Å². The Bertz CT molecular complexity index is 789. The Morgan fingerprint density at radius 2 is 1.91 bits per heavy atom. The molecule has 2 aromatic rings. The summed E-state index contributed by atoms with van der Waals surface area (Å²) in [7, 11) is -1.97. The first-order valence-corrected chi connectivity index (χ1v) is 8.79. The third-order valence-electron chi connectivity index (χ3n) is 4.10. The normalized spacial score (nSPS) is 20.2. The smallest absolute Gasteiger partial charge is 0.243 e. The van der Waals surface area contributed by atoms with E-state index in [9.17, 15) is 8.42 Å². The molecular formula is C16H20N2O3S. The first kappa shape index (κ1) is 15.3. The van der Waals surface area contributed by atoms with Crippen LogP contribution in [0.5, 0.6) is 5.75 Å². The summed E-state index contributed by atoms with van der Waals surface area (Å²) in [6.45, 7) is 0.902. The molecule has 0 bridgehead atoms. The number of piperidine rings is 1. The van der Waals surface area contributed by atoms with Crippen molar-refractivity contribution in [2.24, 2.45) is 5.73 Å². The lowest BCUT2D eigenvalue weighted by Gasteiger charge is -2.30. The summed E-state index contributed by atoms with van der Waals surface area (Å²) < 4.78 is 32.8. The molecule has 5 nitrogen and oxygen atoms in total. The molecule has 0 saturated carbocycles. The molecule has 1 aliphatic rings. The first-order chi connectivity index (χ1) is 10.5. The fourth-order valence-electron chi connectivity index (χ4n) is 2.98. The van der Waals surface area contributed by atoms with Crippen molar-refractivity contribution < 1.29 is 13.2 Å². The van der Waals surface area contributed by atoms with Crippen molar-refractivity contribution in [3.05, 3.63) is 36.4 Å². The lowest BCUT2D eigenvalue weighted by atomic mass is 10.1. The van der Waals surface area contributed by atoms with Crippen LogP contribution >= 0.6 is 0 Å². The fraction of sp³-hybridized carbons (Fsp3) is 0.375. The summed E-state index contributed by atoms with van der Waals surface area (Å²) in [5, 5.41) is 1.48. The van der Waals surface area contributed by atoms with Crippen LogP contribution < -0.4 is 10.5 Å². The Hall–Kier alpha value is -1.63. The average molecular weight is 320 g/mol. The molecule has 118 valence electrons. The average Bonchev–Trinajstić information content (AvgIpc) is 2.53. The minimum Gasteiger partial charge on any atom is -0.496 e. The van der Waals surface area contributed by atoms with Crippen LogP contribution in [0.2, 0.25) is 0 Å². The minimum atomic E-state index is -3.55. The Morgan fingerprint density at radius 1 is 1.18 bits per heavy atom. The number of benzene rings is 2. The second-order valence-corrected chi connectivity index (χ2v) is 7.48. The van der Waals surface area contributed by atoms with E-state index in [4.69, 9.17) is 10.5 Å². The largest absolute Gasteiger partial charge is 0.496 e. The highest BCUT2D eigenvalue weighted by Gasteiger charge is 2.30. The van der Waals surface area contributed by atoms with Crippen LogP contribution in [-0.2, 0) is 10.0 Å². The van der Waals surface area contributed by atoms with Crippen molar-refractivity contribution in [1.29, 1.82) is 0 Å². The van der Waals surface area contributed by atoms with E-state index in [1.165, 1.54) is 4.31 Å². The van der Waals surface area contributed by atoms with Crippen LogP contribution in [0.4, 0.5) is 0 Å². The van der Waals surface area contributed by atoms with Crippen molar-refractivity contribution in [1.82, 2.24) is 4.31 Å².